The highest BCUT2D eigenvalue weighted by Crippen LogP contribution is 2.14. The topological polar surface area (TPSA) is 55.8 Å². The average molecular weight is 356 g/mol. The maximum atomic E-state index is 12.5. The van der Waals surface area contributed by atoms with Crippen LogP contribution in [0.15, 0.2) is 30.3 Å². The van der Waals surface area contributed by atoms with Gasteiger partial charge < -0.3 is 9.47 Å². The van der Waals surface area contributed by atoms with E-state index in [1.165, 1.54) is 4.90 Å². The predicted molar refractivity (Wildman–Crippen MR) is 94.0 cm³/mol. The number of hydrogen-bond donors (Lipinski definition) is 0. The van der Waals surface area contributed by atoms with E-state index in [2.05, 4.69) is 0 Å². The lowest BCUT2D eigenvalue weighted by molar-refractivity contribution is -0.149. The third-order valence-electron chi connectivity index (χ3n) is 3.47. The fraction of sp³-hybridized carbons (Fsp3) is 0.556. The molecule has 0 aliphatic carbocycles. The van der Waals surface area contributed by atoms with Crippen LogP contribution in [0.4, 0.5) is 4.79 Å². The fourth-order valence-electron chi connectivity index (χ4n) is 2.32. The van der Waals surface area contributed by atoms with Crippen LogP contribution in [0, 0.1) is 0 Å². The highest BCUT2D eigenvalue weighted by atomic mass is 35.5. The first kappa shape index (κ1) is 20.3. The Labute approximate surface area is 148 Å². The molecule has 6 heteroatoms. The Hall–Kier alpha value is -1.75. The SMILES string of the molecule is CCC[C@@H](C(=O)OCC)N(CCCCl)C(=O)OCc1ccccc1. The zero-order valence-corrected chi connectivity index (χ0v) is 15.1. The van der Waals surface area contributed by atoms with Crippen molar-refractivity contribution in [1.29, 1.82) is 0 Å². The van der Waals surface area contributed by atoms with Crippen molar-refractivity contribution in [2.45, 2.75) is 45.8 Å². The molecule has 0 saturated carbocycles. The van der Waals surface area contributed by atoms with E-state index in [9.17, 15) is 9.59 Å². The van der Waals surface area contributed by atoms with Gasteiger partial charge in [0.2, 0.25) is 0 Å². The van der Waals surface area contributed by atoms with E-state index in [1.54, 1.807) is 6.92 Å². The lowest BCUT2D eigenvalue weighted by atomic mass is 10.1. The molecule has 0 radical (unpaired) electrons. The molecule has 0 saturated heterocycles. The highest BCUT2D eigenvalue weighted by Gasteiger charge is 2.31. The number of benzene rings is 1. The van der Waals surface area contributed by atoms with Crippen LogP contribution in [-0.2, 0) is 20.9 Å². The second kappa shape index (κ2) is 11.7. The number of esters is 1. The summed E-state index contributed by atoms with van der Waals surface area (Å²) in [5.41, 5.74) is 0.895. The molecule has 1 atom stereocenters. The molecule has 0 aromatic heterocycles. The van der Waals surface area contributed by atoms with Crippen LogP contribution < -0.4 is 0 Å². The predicted octanol–water partition coefficient (Wildman–Crippen LogP) is 3.99. The van der Waals surface area contributed by atoms with E-state index in [0.29, 0.717) is 25.3 Å². The van der Waals surface area contributed by atoms with E-state index < -0.39 is 18.1 Å². The van der Waals surface area contributed by atoms with Crippen LogP contribution in [-0.4, -0.2) is 42.0 Å². The number of ether oxygens (including phenoxy) is 2. The van der Waals surface area contributed by atoms with Gasteiger partial charge in [-0.1, -0.05) is 43.7 Å². The molecule has 0 fully saturated rings. The molecular formula is C18H26ClNO4. The largest absolute Gasteiger partial charge is 0.464 e. The molecule has 1 amide bonds. The molecule has 0 heterocycles. The summed E-state index contributed by atoms with van der Waals surface area (Å²) in [5, 5.41) is 0. The zero-order valence-electron chi connectivity index (χ0n) is 14.4. The second-order valence-corrected chi connectivity index (χ2v) is 5.71. The molecule has 134 valence electrons. The number of rotatable bonds is 10. The number of carbonyl (C=O) groups is 2. The van der Waals surface area contributed by atoms with Gasteiger partial charge in [0, 0.05) is 12.4 Å². The molecule has 1 aromatic carbocycles. The first-order chi connectivity index (χ1) is 11.6. The quantitative estimate of drug-likeness (QED) is 0.470. The Morgan fingerprint density at radius 2 is 1.88 bits per heavy atom. The van der Waals surface area contributed by atoms with Gasteiger partial charge in [0.25, 0.3) is 0 Å². The normalized spacial score (nSPS) is 11.6. The summed E-state index contributed by atoms with van der Waals surface area (Å²) in [6.45, 7) is 4.51. The van der Waals surface area contributed by atoms with Gasteiger partial charge in [0.1, 0.15) is 12.6 Å². The van der Waals surface area contributed by atoms with Gasteiger partial charge in [-0.2, -0.15) is 0 Å². The van der Waals surface area contributed by atoms with Crippen molar-refractivity contribution in [3.63, 3.8) is 0 Å². The Kier molecular flexibility index (Phi) is 9.92. The minimum atomic E-state index is -0.638. The lowest BCUT2D eigenvalue weighted by Crippen LogP contribution is -2.46. The minimum Gasteiger partial charge on any atom is -0.464 e. The summed E-state index contributed by atoms with van der Waals surface area (Å²) < 4.78 is 10.5. The minimum absolute atomic E-state index is 0.165. The standard InChI is InChI=1S/C18H26ClNO4/c1-3-9-16(17(21)23-4-2)20(13-8-12-19)18(22)24-14-15-10-6-5-7-11-15/h5-7,10-11,16H,3-4,8-9,12-14H2,1-2H3/t16-/m0/s1. The van der Waals surface area contributed by atoms with Crippen LogP contribution >= 0.6 is 11.6 Å². The third kappa shape index (κ3) is 6.79. The van der Waals surface area contributed by atoms with E-state index in [-0.39, 0.29) is 13.2 Å². The van der Waals surface area contributed by atoms with Crippen LogP contribution in [0.1, 0.15) is 38.7 Å². The van der Waals surface area contributed by atoms with E-state index in [1.807, 2.05) is 37.3 Å². The molecular weight excluding hydrogens is 330 g/mol. The van der Waals surface area contributed by atoms with E-state index in [4.69, 9.17) is 21.1 Å². The van der Waals surface area contributed by atoms with E-state index in [0.717, 1.165) is 12.0 Å². The summed E-state index contributed by atoms with van der Waals surface area (Å²) in [6, 6.07) is 8.79. The molecule has 5 nitrogen and oxygen atoms in total. The van der Waals surface area contributed by atoms with Gasteiger partial charge in [-0.05, 0) is 25.3 Å². The molecule has 0 aliphatic rings. The molecule has 0 N–H and O–H groups in total. The molecule has 0 bridgehead atoms. The number of carbonyl (C=O) groups excluding carboxylic acids is 2. The van der Waals surface area contributed by atoms with Crippen molar-refractivity contribution in [3.05, 3.63) is 35.9 Å². The van der Waals surface area contributed by atoms with Gasteiger partial charge in [-0.25, -0.2) is 9.59 Å². The third-order valence-corrected chi connectivity index (χ3v) is 3.74. The smallest absolute Gasteiger partial charge is 0.410 e. The molecule has 1 aromatic rings. The Morgan fingerprint density at radius 1 is 1.17 bits per heavy atom. The summed E-state index contributed by atoms with van der Waals surface area (Å²) in [7, 11) is 0. The van der Waals surface area contributed by atoms with Crippen molar-refractivity contribution < 1.29 is 19.1 Å². The van der Waals surface area contributed by atoms with Crippen LogP contribution in [0.5, 0.6) is 0 Å². The molecule has 0 aliphatic heterocycles. The maximum Gasteiger partial charge on any atom is 0.410 e. The van der Waals surface area contributed by atoms with Gasteiger partial charge in [-0.15, -0.1) is 11.6 Å². The van der Waals surface area contributed by atoms with Crippen molar-refractivity contribution in [2.24, 2.45) is 0 Å². The number of alkyl halides is 1. The second-order valence-electron chi connectivity index (χ2n) is 5.33. The van der Waals surface area contributed by atoms with Crippen LogP contribution in [0.2, 0.25) is 0 Å². The fourth-order valence-corrected chi connectivity index (χ4v) is 2.44. The lowest BCUT2D eigenvalue weighted by Gasteiger charge is -2.29. The molecule has 0 unspecified atom stereocenters. The van der Waals surface area contributed by atoms with Crippen molar-refractivity contribution in [2.75, 3.05) is 19.0 Å². The summed E-state index contributed by atoms with van der Waals surface area (Å²) in [6.07, 6.45) is 1.35. The summed E-state index contributed by atoms with van der Waals surface area (Å²) in [4.78, 5) is 26.1. The van der Waals surface area contributed by atoms with Gasteiger partial charge >= 0.3 is 12.1 Å². The van der Waals surface area contributed by atoms with Gasteiger partial charge in [0.05, 0.1) is 6.61 Å². The first-order valence-electron chi connectivity index (χ1n) is 8.33. The monoisotopic (exact) mass is 355 g/mol. The number of nitrogens with zero attached hydrogens (tertiary/aromatic N) is 1. The molecule has 0 spiro atoms. The van der Waals surface area contributed by atoms with Crippen molar-refractivity contribution in [1.82, 2.24) is 4.90 Å². The summed E-state index contributed by atoms with van der Waals surface area (Å²) >= 11 is 5.75. The van der Waals surface area contributed by atoms with Gasteiger partial charge in [-0.3, -0.25) is 4.90 Å². The maximum absolute atomic E-state index is 12.5. The van der Waals surface area contributed by atoms with Crippen molar-refractivity contribution >= 4 is 23.7 Å². The van der Waals surface area contributed by atoms with Crippen molar-refractivity contribution in [3.8, 4) is 0 Å². The number of halogens is 1. The number of amides is 1. The Morgan fingerprint density at radius 3 is 2.46 bits per heavy atom. The molecule has 24 heavy (non-hydrogen) atoms. The highest BCUT2D eigenvalue weighted by molar-refractivity contribution is 6.17. The first-order valence-corrected chi connectivity index (χ1v) is 8.87. The van der Waals surface area contributed by atoms with Gasteiger partial charge in [0.15, 0.2) is 0 Å². The average Bonchev–Trinajstić information content (AvgIpc) is 2.60. The van der Waals surface area contributed by atoms with Crippen LogP contribution in [0.25, 0.3) is 0 Å². The Bertz CT molecular complexity index is 495. The summed E-state index contributed by atoms with van der Waals surface area (Å²) in [5.74, 6) is 0.00927. The van der Waals surface area contributed by atoms with E-state index >= 15 is 0 Å². The number of hydrogen-bond acceptors (Lipinski definition) is 4. The Balaban J connectivity index is 2.79. The van der Waals surface area contributed by atoms with Crippen LogP contribution in [0.3, 0.4) is 0 Å². The molecule has 1 rings (SSSR count). The zero-order chi connectivity index (χ0) is 17.8.